The summed E-state index contributed by atoms with van der Waals surface area (Å²) in [4.78, 5) is 7.72. The first-order valence-corrected chi connectivity index (χ1v) is 5.86. The monoisotopic (exact) mass is 200 g/mol. The standard InChI is InChI=1S/C13H16N2/c1-2-4-10(5-3-1)11-8-13-12(15-9-11)6-7-14-13/h6-10,14H,1-5H2. The Kier molecular flexibility index (Phi) is 2.20. The van der Waals surface area contributed by atoms with Gasteiger partial charge in [-0.2, -0.15) is 0 Å². The zero-order valence-electron chi connectivity index (χ0n) is 8.87. The normalized spacial score (nSPS) is 18.4. The largest absolute Gasteiger partial charge is 0.360 e. The first-order valence-electron chi connectivity index (χ1n) is 5.86. The number of aromatic amines is 1. The molecule has 1 fully saturated rings. The molecular weight excluding hydrogens is 184 g/mol. The maximum atomic E-state index is 4.49. The van der Waals surface area contributed by atoms with Crippen LogP contribution in [0.25, 0.3) is 11.0 Å². The van der Waals surface area contributed by atoms with Gasteiger partial charge in [0.2, 0.25) is 0 Å². The highest BCUT2D eigenvalue weighted by molar-refractivity contribution is 5.75. The van der Waals surface area contributed by atoms with Crippen molar-refractivity contribution in [2.24, 2.45) is 0 Å². The number of nitrogens with zero attached hydrogens (tertiary/aromatic N) is 1. The molecule has 0 radical (unpaired) electrons. The van der Waals surface area contributed by atoms with Crippen LogP contribution in [0.4, 0.5) is 0 Å². The number of aromatic nitrogens is 2. The second-order valence-corrected chi connectivity index (χ2v) is 4.51. The van der Waals surface area contributed by atoms with Gasteiger partial charge < -0.3 is 4.98 Å². The van der Waals surface area contributed by atoms with Crippen LogP contribution in [0.2, 0.25) is 0 Å². The van der Waals surface area contributed by atoms with Crippen molar-refractivity contribution in [1.29, 1.82) is 0 Å². The topological polar surface area (TPSA) is 28.7 Å². The summed E-state index contributed by atoms with van der Waals surface area (Å²) in [5.74, 6) is 0.749. The Morgan fingerprint density at radius 2 is 2.07 bits per heavy atom. The van der Waals surface area contributed by atoms with Crippen molar-refractivity contribution in [1.82, 2.24) is 9.97 Å². The van der Waals surface area contributed by atoms with Crippen molar-refractivity contribution in [3.05, 3.63) is 30.1 Å². The van der Waals surface area contributed by atoms with E-state index in [1.807, 2.05) is 12.3 Å². The summed E-state index contributed by atoms with van der Waals surface area (Å²) in [6.45, 7) is 0. The molecule has 1 saturated carbocycles. The van der Waals surface area contributed by atoms with Crippen molar-refractivity contribution in [2.75, 3.05) is 0 Å². The molecule has 2 aromatic heterocycles. The Morgan fingerprint density at radius 1 is 1.20 bits per heavy atom. The van der Waals surface area contributed by atoms with Gasteiger partial charge in [0.25, 0.3) is 0 Å². The van der Waals surface area contributed by atoms with Crippen molar-refractivity contribution >= 4 is 11.0 Å². The van der Waals surface area contributed by atoms with E-state index in [-0.39, 0.29) is 0 Å². The lowest BCUT2D eigenvalue weighted by molar-refractivity contribution is 0.443. The molecule has 78 valence electrons. The molecule has 0 unspecified atom stereocenters. The van der Waals surface area contributed by atoms with Gasteiger partial charge in [-0.05, 0) is 36.5 Å². The fourth-order valence-corrected chi connectivity index (χ4v) is 2.61. The average Bonchev–Trinajstić information content (AvgIpc) is 2.77. The summed E-state index contributed by atoms with van der Waals surface area (Å²) in [5, 5.41) is 0. The van der Waals surface area contributed by atoms with Crippen molar-refractivity contribution in [3.8, 4) is 0 Å². The Morgan fingerprint density at radius 3 is 2.93 bits per heavy atom. The van der Waals surface area contributed by atoms with Crippen LogP contribution in [-0.2, 0) is 0 Å². The molecule has 2 heteroatoms. The minimum absolute atomic E-state index is 0.749. The van der Waals surface area contributed by atoms with E-state index >= 15 is 0 Å². The molecule has 1 aliphatic rings. The van der Waals surface area contributed by atoms with Gasteiger partial charge in [0.1, 0.15) is 0 Å². The number of rotatable bonds is 1. The highest BCUT2D eigenvalue weighted by Crippen LogP contribution is 2.32. The maximum absolute atomic E-state index is 4.49. The van der Waals surface area contributed by atoms with Crippen molar-refractivity contribution in [2.45, 2.75) is 38.0 Å². The van der Waals surface area contributed by atoms with Crippen LogP contribution >= 0.6 is 0 Å². The van der Waals surface area contributed by atoms with E-state index in [1.165, 1.54) is 43.2 Å². The molecule has 0 atom stereocenters. The Balaban J connectivity index is 1.95. The van der Waals surface area contributed by atoms with Gasteiger partial charge in [0.05, 0.1) is 11.0 Å². The van der Waals surface area contributed by atoms with Crippen LogP contribution in [0.1, 0.15) is 43.6 Å². The van der Waals surface area contributed by atoms with E-state index in [0.717, 1.165) is 11.4 Å². The van der Waals surface area contributed by atoms with Crippen LogP contribution in [0.3, 0.4) is 0 Å². The minimum Gasteiger partial charge on any atom is -0.360 e. The Labute approximate surface area is 89.7 Å². The SMILES string of the molecule is c1cc2ncc(C3CCCCC3)cc2[nH]1. The number of fused-ring (bicyclic) bond motifs is 1. The van der Waals surface area contributed by atoms with Gasteiger partial charge in [-0.3, -0.25) is 4.98 Å². The molecular formula is C13H16N2. The van der Waals surface area contributed by atoms with Crippen LogP contribution in [0.5, 0.6) is 0 Å². The fourth-order valence-electron chi connectivity index (χ4n) is 2.61. The van der Waals surface area contributed by atoms with E-state index in [1.54, 1.807) is 0 Å². The van der Waals surface area contributed by atoms with Crippen LogP contribution in [0, 0.1) is 0 Å². The Bertz CT molecular complexity index is 452. The maximum Gasteiger partial charge on any atom is 0.0878 e. The summed E-state index contributed by atoms with van der Waals surface area (Å²) >= 11 is 0. The van der Waals surface area contributed by atoms with Gasteiger partial charge in [-0.15, -0.1) is 0 Å². The third-order valence-corrected chi connectivity index (χ3v) is 3.50. The van der Waals surface area contributed by atoms with Gasteiger partial charge >= 0.3 is 0 Å². The van der Waals surface area contributed by atoms with E-state index in [0.29, 0.717) is 0 Å². The Hall–Kier alpha value is -1.31. The van der Waals surface area contributed by atoms with Crippen molar-refractivity contribution < 1.29 is 0 Å². The first-order chi connectivity index (χ1) is 7.43. The summed E-state index contributed by atoms with van der Waals surface area (Å²) in [7, 11) is 0. The average molecular weight is 200 g/mol. The zero-order valence-corrected chi connectivity index (χ0v) is 8.87. The second-order valence-electron chi connectivity index (χ2n) is 4.51. The second kappa shape index (κ2) is 3.69. The molecule has 2 aromatic rings. The smallest absolute Gasteiger partial charge is 0.0878 e. The van der Waals surface area contributed by atoms with Gasteiger partial charge in [-0.25, -0.2) is 0 Å². The lowest BCUT2D eigenvalue weighted by atomic mass is 9.85. The van der Waals surface area contributed by atoms with Crippen LogP contribution < -0.4 is 0 Å². The third-order valence-electron chi connectivity index (χ3n) is 3.50. The molecule has 0 aromatic carbocycles. The molecule has 0 saturated heterocycles. The lowest BCUT2D eigenvalue weighted by Gasteiger charge is -2.21. The number of H-pyrrole nitrogens is 1. The molecule has 2 heterocycles. The quantitative estimate of drug-likeness (QED) is 0.748. The predicted molar refractivity (Wildman–Crippen MR) is 61.9 cm³/mol. The molecule has 0 bridgehead atoms. The fraction of sp³-hybridized carbons (Fsp3) is 0.462. The third kappa shape index (κ3) is 1.65. The summed E-state index contributed by atoms with van der Waals surface area (Å²) in [5.41, 5.74) is 3.68. The van der Waals surface area contributed by atoms with E-state index < -0.39 is 0 Å². The number of pyridine rings is 1. The number of nitrogens with one attached hydrogen (secondary N) is 1. The summed E-state index contributed by atoms with van der Waals surface area (Å²) < 4.78 is 0. The molecule has 1 N–H and O–H groups in total. The van der Waals surface area contributed by atoms with Crippen LogP contribution in [-0.4, -0.2) is 9.97 Å². The zero-order chi connectivity index (χ0) is 10.1. The molecule has 2 nitrogen and oxygen atoms in total. The highest BCUT2D eigenvalue weighted by atomic mass is 14.7. The minimum atomic E-state index is 0.749. The van der Waals surface area contributed by atoms with E-state index in [4.69, 9.17) is 0 Å². The number of hydrogen-bond donors (Lipinski definition) is 1. The van der Waals surface area contributed by atoms with Gasteiger partial charge in [0.15, 0.2) is 0 Å². The van der Waals surface area contributed by atoms with Gasteiger partial charge in [0, 0.05) is 12.4 Å². The molecule has 15 heavy (non-hydrogen) atoms. The predicted octanol–water partition coefficient (Wildman–Crippen LogP) is 3.61. The van der Waals surface area contributed by atoms with E-state index in [9.17, 15) is 0 Å². The molecule has 0 aliphatic heterocycles. The molecule has 0 spiro atoms. The van der Waals surface area contributed by atoms with Crippen LogP contribution in [0.15, 0.2) is 24.5 Å². The highest BCUT2D eigenvalue weighted by Gasteiger charge is 2.16. The van der Waals surface area contributed by atoms with Crippen molar-refractivity contribution in [3.63, 3.8) is 0 Å². The summed E-state index contributed by atoms with van der Waals surface area (Å²) in [6, 6.07) is 4.30. The number of hydrogen-bond acceptors (Lipinski definition) is 1. The lowest BCUT2D eigenvalue weighted by Crippen LogP contribution is -2.04. The molecule has 0 amide bonds. The molecule has 3 rings (SSSR count). The summed E-state index contributed by atoms with van der Waals surface area (Å²) in [6.07, 6.45) is 10.9. The molecule has 1 aliphatic carbocycles. The van der Waals surface area contributed by atoms with E-state index in [2.05, 4.69) is 22.2 Å². The van der Waals surface area contributed by atoms with Gasteiger partial charge in [-0.1, -0.05) is 19.3 Å². The first kappa shape index (κ1) is 8.96.